The third-order valence-electron chi connectivity index (χ3n) is 6.16. The molecule has 0 radical (unpaired) electrons. The number of hydrogen-bond donors (Lipinski definition) is 0. The van der Waals surface area contributed by atoms with Crippen LogP contribution in [0, 0.1) is 5.41 Å². The Bertz CT molecular complexity index is 745. The summed E-state index contributed by atoms with van der Waals surface area (Å²) in [6.07, 6.45) is 8.92. The highest BCUT2D eigenvalue weighted by Crippen LogP contribution is 2.40. The Hall–Kier alpha value is -1.65. The van der Waals surface area contributed by atoms with E-state index in [9.17, 15) is 4.79 Å². The summed E-state index contributed by atoms with van der Waals surface area (Å²) in [5.74, 6) is 0.162. The Kier molecular flexibility index (Phi) is 5.51. The number of carbonyl (C=O) groups is 1. The summed E-state index contributed by atoms with van der Waals surface area (Å²) in [6.45, 7) is 12.0. The van der Waals surface area contributed by atoms with Crippen molar-refractivity contribution in [2.75, 3.05) is 13.6 Å². The molecule has 1 amide bonds. The highest BCUT2D eigenvalue weighted by Gasteiger charge is 2.41. The summed E-state index contributed by atoms with van der Waals surface area (Å²) >= 11 is 0. The van der Waals surface area contributed by atoms with Crippen LogP contribution in [0.25, 0.3) is 0 Å². The number of hydrogen-bond acceptors (Lipinski definition) is 2. The SMILES string of the molecule is CN1CCC[C@H]1C1=CN(C(=O)C(C)(C)C)C=CC1[Si](C)(C)c1ccccc1. The largest absolute Gasteiger partial charge is 0.300 e. The first-order valence-corrected chi connectivity index (χ1v) is 13.2. The van der Waals surface area contributed by atoms with Gasteiger partial charge in [-0.05, 0) is 32.0 Å². The molecule has 0 spiro atoms. The van der Waals surface area contributed by atoms with E-state index in [-0.39, 0.29) is 11.3 Å². The van der Waals surface area contributed by atoms with Crippen molar-refractivity contribution in [3.8, 4) is 0 Å². The molecule has 1 aromatic carbocycles. The maximum absolute atomic E-state index is 12.9. The second kappa shape index (κ2) is 7.40. The molecule has 4 heteroatoms. The van der Waals surface area contributed by atoms with Gasteiger partial charge in [0.1, 0.15) is 0 Å². The van der Waals surface area contributed by atoms with Gasteiger partial charge in [-0.25, -0.2) is 0 Å². The number of amides is 1. The van der Waals surface area contributed by atoms with E-state index in [1.54, 1.807) is 0 Å². The number of rotatable bonds is 3. The molecule has 2 heterocycles. The van der Waals surface area contributed by atoms with Crippen LogP contribution in [0.5, 0.6) is 0 Å². The van der Waals surface area contributed by atoms with Crippen molar-refractivity contribution in [2.45, 2.75) is 58.3 Å². The maximum atomic E-state index is 12.9. The third kappa shape index (κ3) is 3.97. The van der Waals surface area contributed by atoms with Gasteiger partial charge in [0.25, 0.3) is 0 Å². The standard InChI is InChI=1S/C23H34N2OSi/c1-23(2,3)22(26)25-16-14-21(19(17-25)20-13-10-15-24(20)4)27(5,6)18-11-8-7-9-12-18/h7-9,11-12,14,16-17,20-21H,10,13,15H2,1-6H3/t20-,21?/m0/s1. The molecule has 0 saturated carbocycles. The van der Waals surface area contributed by atoms with Gasteiger partial charge in [0.05, 0.1) is 8.07 Å². The summed E-state index contributed by atoms with van der Waals surface area (Å²) in [7, 11) is 0.454. The Balaban J connectivity index is 2.01. The minimum Gasteiger partial charge on any atom is -0.300 e. The van der Waals surface area contributed by atoms with Gasteiger partial charge in [0, 0.05) is 29.4 Å². The fourth-order valence-electron chi connectivity index (χ4n) is 4.42. The number of benzene rings is 1. The van der Waals surface area contributed by atoms with Crippen molar-refractivity contribution in [3.63, 3.8) is 0 Å². The number of likely N-dealkylation sites (N-methyl/N-ethyl adjacent to an activating group) is 1. The van der Waals surface area contributed by atoms with Crippen LogP contribution < -0.4 is 5.19 Å². The van der Waals surface area contributed by atoms with Crippen LogP contribution in [-0.2, 0) is 4.79 Å². The summed E-state index contributed by atoms with van der Waals surface area (Å²) < 4.78 is 0. The van der Waals surface area contributed by atoms with E-state index in [4.69, 9.17) is 0 Å². The lowest BCUT2D eigenvalue weighted by molar-refractivity contribution is -0.134. The smallest absolute Gasteiger partial charge is 0.235 e. The number of allylic oxidation sites excluding steroid dienone is 1. The van der Waals surface area contributed by atoms with Gasteiger partial charge >= 0.3 is 0 Å². The first-order valence-electron chi connectivity index (χ1n) is 10.1. The molecule has 27 heavy (non-hydrogen) atoms. The van der Waals surface area contributed by atoms with Gasteiger partial charge in [-0.2, -0.15) is 0 Å². The van der Waals surface area contributed by atoms with Crippen LogP contribution in [0.15, 0.2) is 54.4 Å². The van der Waals surface area contributed by atoms with Crippen LogP contribution in [0.1, 0.15) is 33.6 Å². The van der Waals surface area contributed by atoms with E-state index in [1.165, 1.54) is 23.6 Å². The molecule has 1 fully saturated rings. The lowest BCUT2D eigenvalue weighted by Crippen LogP contribution is -2.49. The van der Waals surface area contributed by atoms with Crippen molar-refractivity contribution in [1.82, 2.24) is 9.80 Å². The summed E-state index contributed by atoms with van der Waals surface area (Å²) in [5.41, 5.74) is 1.46. The summed E-state index contributed by atoms with van der Waals surface area (Å²) in [5, 5.41) is 1.47. The highest BCUT2D eigenvalue weighted by molar-refractivity contribution is 6.91. The fourth-order valence-corrected chi connectivity index (χ4v) is 7.49. The normalized spacial score (nSPS) is 24.2. The molecule has 0 bridgehead atoms. The number of likely N-dealkylation sites (tertiary alicyclic amines) is 1. The van der Waals surface area contributed by atoms with E-state index in [1.807, 2.05) is 31.9 Å². The molecule has 0 aromatic heterocycles. The Morgan fingerprint density at radius 1 is 1.15 bits per heavy atom. The molecular formula is C23H34N2OSi. The molecule has 2 aliphatic rings. The molecule has 146 valence electrons. The lowest BCUT2D eigenvalue weighted by atomic mass is 9.93. The van der Waals surface area contributed by atoms with Crippen molar-refractivity contribution >= 4 is 19.2 Å². The second-order valence-corrected chi connectivity index (χ2v) is 14.3. The maximum Gasteiger partial charge on any atom is 0.235 e. The molecule has 1 aromatic rings. The first kappa shape index (κ1) is 20.1. The first-order chi connectivity index (χ1) is 12.6. The van der Waals surface area contributed by atoms with Crippen molar-refractivity contribution < 1.29 is 4.79 Å². The summed E-state index contributed by atoms with van der Waals surface area (Å²) in [4.78, 5) is 17.2. The zero-order valence-corrected chi connectivity index (χ0v) is 18.7. The minimum absolute atomic E-state index is 0.162. The van der Waals surface area contributed by atoms with E-state index in [2.05, 4.69) is 67.6 Å². The average Bonchev–Trinajstić information content (AvgIpc) is 3.06. The zero-order chi connectivity index (χ0) is 19.8. The second-order valence-electron chi connectivity index (χ2n) is 9.64. The Morgan fingerprint density at radius 2 is 1.81 bits per heavy atom. The summed E-state index contributed by atoms with van der Waals surface area (Å²) in [6, 6.07) is 11.4. The van der Waals surface area contributed by atoms with Gasteiger partial charge in [-0.15, -0.1) is 0 Å². The lowest BCUT2D eigenvalue weighted by Gasteiger charge is -2.40. The van der Waals surface area contributed by atoms with E-state index in [0.29, 0.717) is 11.6 Å². The van der Waals surface area contributed by atoms with Gasteiger partial charge in [-0.1, -0.05) is 75.5 Å². The van der Waals surface area contributed by atoms with Crippen LogP contribution in [0.4, 0.5) is 0 Å². The van der Waals surface area contributed by atoms with Crippen LogP contribution in [0.2, 0.25) is 18.6 Å². The highest BCUT2D eigenvalue weighted by atomic mass is 28.3. The van der Waals surface area contributed by atoms with Crippen molar-refractivity contribution in [2.24, 2.45) is 5.41 Å². The van der Waals surface area contributed by atoms with E-state index >= 15 is 0 Å². The van der Waals surface area contributed by atoms with Gasteiger partial charge < -0.3 is 0 Å². The molecule has 1 saturated heterocycles. The molecule has 0 N–H and O–H groups in total. The number of nitrogens with zero attached hydrogens (tertiary/aromatic N) is 2. The topological polar surface area (TPSA) is 23.6 Å². The Morgan fingerprint density at radius 3 is 2.37 bits per heavy atom. The molecule has 1 unspecified atom stereocenters. The van der Waals surface area contributed by atoms with E-state index in [0.717, 1.165) is 6.54 Å². The van der Waals surface area contributed by atoms with Crippen LogP contribution in [0.3, 0.4) is 0 Å². The predicted molar refractivity (Wildman–Crippen MR) is 116 cm³/mol. The zero-order valence-electron chi connectivity index (χ0n) is 17.7. The Labute approximate surface area is 165 Å². The fraction of sp³-hybridized carbons (Fsp3) is 0.522. The van der Waals surface area contributed by atoms with Gasteiger partial charge in [-0.3, -0.25) is 14.6 Å². The van der Waals surface area contributed by atoms with Gasteiger partial charge in [0.2, 0.25) is 5.91 Å². The molecule has 0 aliphatic carbocycles. The van der Waals surface area contributed by atoms with E-state index < -0.39 is 8.07 Å². The van der Waals surface area contributed by atoms with Crippen molar-refractivity contribution in [1.29, 1.82) is 0 Å². The number of carbonyl (C=O) groups excluding carboxylic acids is 1. The average molecular weight is 383 g/mol. The quantitative estimate of drug-likeness (QED) is 0.726. The predicted octanol–water partition coefficient (Wildman–Crippen LogP) is 4.35. The van der Waals surface area contributed by atoms with Crippen LogP contribution in [-0.4, -0.2) is 43.4 Å². The molecule has 3 nitrogen and oxygen atoms in total. The third-order valence-corrected chi connectivity index (χ3v) is 10.1. The van der Waals surface area contributed by atoms with Gasteiger partial charge in [0.15, 0.2) is 0 Å². The molecule has 2 atom stereocenters. The van der Waals surface area contributed by atoms with Crippen LogP contribution >= 0.6 is 0 Å². The van der Waals surface area contributed by atoms with Crippen molar-refractivity contribution in [3.05, 3.63) is 54.4 Å². The molecule has 2 aliphatic heterocycles. The minimum atomic E-state index is -1.77. The monoisotopic (exact) mass is 382 g/mol. The molecule has 3 rings (SSSR count). The molecular weight excluding hydrogens is 348 g/mol.